The van der Waals surface area contributed by atoms with Gasteiger partial charge in [0.15, 0.2) is 4.84 Å². The largest absolute Gasteiger partial charge is 0.353 e. The van der Waals surface area contributed by atoms with E-state index in [2.05, 4.69) is 13.8 Å². The zero-order valence-electron chi connectivity index (χ0n) is 14.8. The molecule has 24 heavy (non-hydrogen) atoms. The standard InChI is InChI=1S/C17H27Cl2N3O2/c1-5-8-21(17(24)16(18)19)12-15(23)22(10-13(2)3)11-14-7-6-9-20(14)4/h6-7,9,13,16H,5,8,10-12H2,1-4H3. The van der Waals surface area contributed by atoms with Gasteiger partial charge in [0.1, 0.15) is 0 Å². The lowest BCUT2D eigenvalue weighted by molar-refractivity contribution is -0.140. The van der Waals surface area contributed by atoms with Crippen LogP contribution < -0.4 is 0 Å². The molecule has 0 aromatic carbocycles. The number of carbonyl (C=O) groups is 2. The summed E-state index contributed by atoms with van der Waals surface area (Å²) in [5.74, 6) is -0.184. The average molecular weight is 376 g/mol. The molecule has 0 aliphatic carbocycles. The number of carbonyl (C=O) groups excluding carboxylic acids is 2. The van der Waals surface area contributed by atoms with Crippen molar-refractivity contribution < 1.29 is 9.59 Å². The van der Waals surface area contributed by atoms with Crippen molar-refractivity contribution in [3.63, 3.8) is 0 Å². The van der Waals surface area contributed by atoms with Gasteiger partial charge < -0.3 is 14.4 Å². The highest BCUT2D eigenvalue weighted by Gasteiger charge is 2.25. The first-order chi connectivity index (χ1) is 11.3. The minimum Gasteiger partial charge on any atom is -0.353 e. The summed E-state index contributed by atoms with van der Waals surface area (Å²) in [5.41, 5.74) is 1.05. The van der Waals surface area contributed by atoms with Crippen LogP contribution >= 0.6 is 23.2 Å². The van der Waals surface area contributed by atoms with Gasteiger partial charge in [-0.2, -0.15) is 0 Å². The predicted molar refractivity (Wildman–Crippen MR) is 98.0 cm³/mol. The van der Waals surface area contributed by atoms with Gasteiger partial charge in [0.2, 0.25) is 5.91 Å². The zero-order chi connectivity index (χ0) is 18.3. The van der Waals surface area contributed by atoms with E-state index < -0.39 is 10.7 Å². The smallest absolute Gasteiger partial charge is 0.256 e. The molecule has 1 heterocycles. The topological polar surface area (TPSA) is 45.6 Å². The Balaban J connectivity index is 2.85. The van der Waals surface area contributed by atoms with E-state index >= 15 is 0 Å². The van der Waals surface area contributed by atoms with Crippen LogP contribution in [-0.4, -0.2) is 50.7 Å². The number of hydrogen-bond donors (Lipinski definition) is 0. The normalized spacial score (nSPS) is 11.2. The van der Waals surface area contributed by atoms with Crippen molar-refractivity contribution >= 4 is 35.0 Å². The van der Waals surface area contributed by atoms with Gasteiger partial charge in [0.25, 0.3) is 5.91 Å². The number of alkyl halides is 2. The molecule has 0 fully saturated rings. The first-order valence-corrected chi connectivity index (χ1v) is 9.08. The Kier molecular flexibility index (Phi) is 8.63. The Morgan fingerprint density at radius 2 is 1.92 bits per heavy atom. The summed E-state index contributed by atoms with van der Waals surface area (Å²) in [6, 6.07) is 3.94. The van der Waals surface area contributed by atoms with Crippen LogP contribution in [0, 0.1) is 5.92 Å². The highest BCUT2D eigenvalue weighted by atomic mass is 35.5. The number of aromatic nitrogens is 1. The van der Waals surface area contributed by atoms with Crippen LogP contribution in [0.5, 0.6) is 0 Å². The molecule has 0 saturated carbocycles. The summed E-state index contributed by atoms with van der Waals surface area (Å²) >= 11 is 11.4. The number of amides is 2. The van der Waals surface area contributed by atoms with Gasteiger partial charge in [0, 0.05) is 32.0 Å². The van der Waals surface area contributed by atoms with E-state index in [1.165, 1.54) is 4.90 Å². The van der Waals surface area contributed by atoms with Crippen molar-refractivity contribution in [2.75, 3.05) is 19.6 Å². The molecule has 0 N–H and O–H groups in total. The summed E-state index contributed by atoms with van der Waals surface area (Å²) in [6.07, 6.45) is 2.69. The Labute approximate surface area is 154 Å². The van der Waals surface area contributed by atoms with Crippen molar-refractivity contribution in [2.24, 2.45) is 13.0 Å². The maximum Gasteiger partial charge on any atom is 0.256 e. The van der Waals surface area contributed by atoms with E-state index in [0.29, 0.717) is 25.6 Å². The van der Waals surface area contributed by atoms with Crippen molar-refractivity contribution in [1.29, 1.82) is 0 Å². The minimum absolute atomic E-state index is 0.000242. The Hall–Kier alpha value is -1.20. The molecule has 0 spiro atoms. The maximum absolute atomic E-state index is 12.8. The first kappa shape index (κ1) is 20.8. The third-order valence-corrected chi connectivity index (χ3v) is 4.03. The number of rotatable bonds is 9. The van der Waals surface area contributed by atoms with Crippen LogP contribution in [0.1, 0.15) is 32.9 Å². The zero-order valence-corrected chi connectivity index (χ0v) is 16.3. The van der Waals surface area contributed by atoms with Gasteiger partial charge in [0.05, 0.1) is 13.1 Å². The molecular formula is C17H27Cl2N3O2. The molecule has 1 aromatic heterocycles. The molecule has 0 atom stereocenters. The fourth-order valence-corrected chi connectivity index (χ4v) is 2.77. The van der Waals surface area contributed by atoms with Gasteiger partial charge >= 0.3 is 0 Å². The summed E-state index contributed by atoms with van der Waals surface area (Å²) in [6.45, 7) is 7.67. The molecule has 1 rings (SSSR count). The molecule has 7 heteroatoms. The molecule has 136 valence electrons. The lowest BCUT2D eigenvalue weighted by Crippen LogP contribution is -2.45. The van der Waals surface area contributed by atoms with Crippen molar-refractivity contribution in [1.82, 2.24) is 14.4 Å². The number of nitrogens with zero attached hydrogens (tertiary/aromatic N) is 3. The van der Waals surface area contributed by atoms with E-state index in [9.17, 15) is 9.59 Å². The lowest BCUT2D eigenvalue weighted by Gasteiger charge is -2.29. The van der Waals surface area contributed by atoms with Crippen LogP contribution in [0.15, 0.2) is 18.3 Å². The second-order valence-electron chi connectivity index (χ2n) is 6.34. The molecule has 0 aliphatic rings. The Morgan fingerprint density at radius 3 is 2.38 bits per heavy atom. The van der Waals surface area contributed by atoms with E-state index in [4.69, 9.17) is 23.2 Å². The van der Waals surface area contributed by atoms with Crippen molar-refractivity contribution in [3.05, 3.63) is 24.0 Å². The van der Waals surface area contributed by atoms with Gasteiger partial charge in [-0.1, -0.05) is 44.0 Å². The summed E-state index contributed by atoms with van der Waals surface area (Å²) < 4.78 is 1.99. The fraction of sp³-hybridized carbons (Fsp3) is 0.647. The van der Waals surface area contributed by atoms with Gasteiger partial charge in [-0.15, -0.1) is 0 Å². The monoisotopic (exact) mass is 375 g/mol. The molecule has 0 aliphatic heterocycles. The van der Waals surface area contributed by atoms with E-state index in [1.807, 2.05) is 36.9 Å². The van der Waals surface area contributed by atoms with E-state index in [0.717, 1.165) is 12.1 Å². The summed E-state index contributed by atoms with van der Waals surface area (Å²) in [4.78, 5) is 26.9. The van der Waals surface area contributed by atoms with Gasteiger partial charge in [-0.05, 0) is 24.5 Å². The Morgan fingerprint density at radius 1 is 1.25 bits per heavy atom. The quantitative estimate of drug-likeness (QED) is 0.622. The minimum atomic E-state index is -1.14. The third-order valence-electron chi connectivity index (χ3n) is 3.66. The second kappa shape index (κ2) is 9.94. The molecule has 2 amide bonds. The number of aryl methyl sites for hydroxylation is 1. The van der Waals surface area contributed by atoms with Crippen molar-refractivity contribution in [2.45, 2.75) is 38.6 Å². The number of hydrogen-bond acceptors (Lipinski definition) is 2. The fourth-order valence-electron chi connectivity index (χ4n) is 2.49. The molecule has 0 radical (unpaired) electrons. The average Bonchev–Trinajstić information content (AvgIpc) is 2.90. The van der Waals surface area contributed by atoms with Crippen molar-refractivity contribution in [3.8, 4) is 0 Å². The van der Waals surface area contributed by atoms with E-state index in [-0.39, 0.29) is 12.5 Å². The lowest BCUT2D eigenvalue weighted by atomic mass is 10.2. The summed E-state index contributed by atoms with van der Waals surface area (Å²) in [5, 5.41) is 0. The van der Waals surface area contributed by atoms with Crippen LogP contribution in [0.4, 0.5) is 0 Å². The molecular weight excluding hydrogens is 349 g/mol. The summed E-state index contributed by atoms with van der Waals surface area (Å²) in [7, 11) is 1.95. The molecule has 0 unspecified atom stereocenters. The van der Waals surface area contributed by atoms with Crippen LogP contribution in [0.2, 0.25) is 0 Å². The second-order valence-corrected chi connectivity index (χ2v) is 7.44. The Bertz CT molecular complexity index is 544. The van der Waals surface area contributed by atoms with E-state index in [1.54, 1.807) is 4.90 Å². The third kappa shape index (κ3) is 6.36. The van der Waals surface area contributed by atoms with Gasteiger partial charge in [-0.25, -0.2) is 0 Å². The maximum atomic E-state index is 12.8. The number of halogens is 2. The first-order valence-electron chi connectivity index (χ1n) is 8.21. The highest BCUT2D eigenvalue weighted by Crippen LogP contribution is 2.12. The SMILES string of the molecule is CCCN(CC(=O)N(Cc1cccn1C)CC(C)C)C(=O)C(Cl)Cl. The van der Waals surface area contributed by atoms with Crippen LogP contribution in [0.3, 0.4) is 0 Å². The van der Waals surface area contributed by atoms with Crippen LogP contribution in [0.25, 0.3) is 0 Å². The molecule has 0 bridgehead atoms. The molecule has 0 saturated heterocycles. The van der Waals surface area contributed by atoms with Crippen LogP contribution in [-0.2, 0) is 23.2 Å². The molecule has 5 nitrogen and oxygen atoms in total. The predicted octanol–water partition coefficient (Wildman–Crippen LogP) is 3.05. The molecule has 1 aromatic rings. The highest BCUT2D eigenvalue weighted by molar-refractivity contribution is 6.53. The van der Waals surface area contributed by atoms with Gasteiger partial charge in [-0.3, -0.25) is 9.59 Å².